The van der Waals surface area contributed by atoms with E-state index in [1.165, 1.54) is 26.2 Å². The number of carbonyl (C=O) groups is 1. The van der Waals surface area contributed by atoms with Gasteiger partial charge in [0.05, 0.1) is 35.6 Å². The first-order chi connectivity index (χ1) is 16.9. The van der Waals surface area contributed by atoms with Gasteiger partial charge in [0.25, 0.3) is 0 Å². The number of para-hydroxylation sites is 1. The van der Waals surface area contributed by atoms with E-state index in [2.05, 4.69) is 4.98 Å². The van der Waals surface area contributed by atoms with E-state index in [4.69, 9.17) is 14.2 Å². The molecule has 184 valence electrons. The molecule has 2 aromatic carbocycles. The first-order valence-corrected chi connectivity index (χ1v) is 12.5. The van der Waals surface area contributed by atoms with Gasteiger partial charge in [-0.3, -0.25) is 4.98 Å². The van der Waals surface area contributed by atoms with Crippen LogP contribution in [-0.4, -0.2) is 64.1 Å². The molecule has 0 spiro atoms. The second-order valence-electron chi connectivity index (χ2n) is 8.04. The molecule has 2 heterocycles. The first-order valence-electron chi connectivity index (χ1n) is 11.1. The number of morpholine rings is 1. The van der Waals surface area contributed by atoms with Gasteiger partial charge in [0.2, 0.25) is 10.0 Å². The van der Waals surface area contributed by atoms with Crippen molar-refractivity contribution in [2.75, 3.05) is 45.3 Å². The summed E-state index contributed by atoms with van der Waals surface area (Å²) in [5.74, 6) is 0.464. The Labute approximate surface area is 204 Å². The zero-order chi connectivity index (χ0) is 24.8. The predicted molar refractivity (Wildman–Crippen MR) is 130 cm³/mol. The van der Waals surface area contributed by atoms with Crippen LogP contribution < -0.4 is 9.64 Å². The van der Waals surface area contributed by atoms with Crippen LogP contribution in [0.1, 0.15) is 15.9 Å². The maximum absolute atomic E-state index is 13.3. The van der Waals surface area contributed by atoms with E-state index >= 15 is 0 Å². The Kier molecular flexibility index (Phi) is 7.64. The molecule has 1 saturated heterocycles. The van der Waals surface area contributed by atoms with Crippen LogP contribution in [0.4, 0.5) is 5.69 Å². The molecule has 3 aromatic rings. The van der Waals surface area contributed by atoms with Crippen molar-refractivity contribution in [3.05, 3.63) is 78.1 Å². The second-order valence-corrected chi connectivity index (χ2v) is 10.2. The summed E-state index contributed by atoms with van der Waals surface area (Å²) in [6.07, 6.45) is 3.24. The van der Waals surface area contributed by atoms with Crippen molar-refractivity contribution in [3.63, 3.8) is 0 Å². The van der Waals surface area contributed by atoms with E-state index in [-0.39, 0.29) is 17.1 Å². The summed E-state index contributed by atoms with van der Waals surface area (Å²) in [6, 6.07) is 15.3. The van der Waals surface area contributed by atoms with Crippen molar-refractivity contribution in [3.8, 4) is 11.5 Å². The van der Waals surface area contributed by atoms with Crippen LogP contribution in [0.25, 0.3) is 0 Å². The largest absolute Gasteiger partial charge is 0.457 e. The molecular formula is C25H27N3O6S. The molecule has 1 fully saturated rings. The van der Waals surface area contributed by atoms with E-state index in [0.717, 1.165) is 4.31 Å². The number of esters is 1. The summed E-state index contributed by atoms with van der Waals surface area (Å²) in [5, 5.41) is 0. The van der Waals surface area contributed by atoms with Crippen LogP contribution in [0.15, 0.2) is 71.9 Å². The van der Waals surface area contributed by atoms with Gasteiger partial charge < -0.3 is 19.1 Å². The summed E-state index contributed by atoms with van der Waals surface area (Å²) >= 11 is 0. The summed E-state index contributed by atoms with van der Waals surface area (Å²) in [5.41, 5.74) is 1.45. The van der Waals surface area contributed by atoms with Gasteiger partial charge in [-0.2, -0.15) is 0 Å². The molecule has 4 rings (SSSR count). The van der Waals surface area contributed by atoms with Crippen molar-refractivity contribution >= 4 is 21.7 Å². The maximum Gasteiger partial charge on any atom is 0.340 e. The lowest BCUT2D eigenvalue weighted by atomic mass is 10.1. The van der Waals surface area contributed by atoms with Crippen LogP contribution in [0.5, 0.6) is 11.5 Å². The van der Waals surface area contributed by atoms with Crippen molar-refractivity contribution in [1.82, 2.24) is 9.29 Å². The lowest BCUT2D eigenvalue weighted by Crippen LogP contribution is -2.37. The molecular weight excluding hydrogens is 470 g/mol. The highest BCUT2D eigenvalue weighted by molar-refractivity contribution is 7.89. The fourth-order valence-electron chi connectivity index (χ4n) is 3.61. The standard InChI is InChI=1S/C25H27N3O6S/c1-27(2)35(30,31)21-9-10-23(28-12-14-32-15-13-28)22(16-21)25(29)33-18-19-6-3-4-8-24(19)34-20-7-5-11-26-17-20/h3-11,16-17H,12-15,18H2,1-2H3. The van der Waals surface area contributed by atoms with Gasteiger partial charge in [-0.1, -0.05) is 18.2 Å². The van der Waals surface area contributed by atoms with Crippen LogP contribution >= 0.6 is 0 Å². The third kappa shape index (κ3) is 5.79. The van der Waals surface area contributed by atoms with Gasteiger partial charge in [-0.05, 0) is 36.4 Å². The number of benzene rings is 2. The zero-order valence-electron chi connectivity index (χ0n) is 19.6. The predicted octanol–water partition coefficient (Wildman–Crippen LogP) is 3.32. The van der Waals surface area contributed by atoms with Gasteiger partial charge in [0.1, 0.15) is 18.1 Å². The average Bonchev–Trinajstić information content (AvgIpc) is 2.88. The molecule has 0 bridgehead atoms. The maximum atomic E-state index is 13.3. The lowest BCUT2D eigenvalue weighted by molar-refractivity contribution is 0.0470. The van der Waals surface area contributed by atoms with E-state index in [1.54, 1.807) is 42.7 Å². The summed E-state index contributed by atoms with van der Waals surface area (Å²) in [7, 11) is -0.839. The molecule has 9 nitrogen and oxygen atoms in total. The van der Waals surface area contributed by atoms with Crippen molar-refractivity contribution < 1.29 is 27.4 Å². The minimum atomic E-state index is -3.73. The van der Waals surface area contributed by atoms with Gasteiger partial charge in [-0.15, -0.1) is 0 Å². The molecule has 10 heteroatoms. The smallest absolute Gasteiger partial charge is 0.340 e. The van der Waals surface area contributed by atoms with Crippen molar-refractivity contribution in [2.24, 2.45) is 0 Å². The molecule has 0 saturated carbocycles. The number of pyridine rings is 1. The quantitative estimate of drug-likeness (QED) is 0.437. The highest BCUT2D eigenvalue weighted by atomic mass is 32.2. The monoisotopic (exact) mass is 497 g/mol. The Balaban J connectivity index is 1.60. The molecule has 1 aliphatic rings. The SMILES string of the molecule is CN(C)S(=O)(=O)c1ccc(N2CCOCC2)c(C(=O)OCc2ccccc2Oc2cccnc2)c1. The molecule has 0 aliphatic carbocycles. The number of carbonyl (C=O) groups excluding carboxylic acids is 1. The number of rotatable bonds is 8. The summed E-state index contributed by atoms with van der Waals surface area (Å²) < 4.78 is 43.5. The number of hydrogen-bond acceptors (Lipinski definition) is 8. The molecule has 1 aliphatic heterocycles. The molecule has 0 atom stereocenters. The van der Waals surface area contributed by atoms with Gasteiger partial charge >= 0.3 is 5.97 Å². The Hall–Kier alpha value is -3.47. The molecule has 35 heavy (non-hydrogen) atoms. The van der Waals surface area contributed by atoms with E-state index in [9.17, 15) is 13.2 Å². The van der Waals surface area contributed by atoms with Crippen LogP contribution in [0, 0.1) is 0 Å². The number of sulfonamides is 1. The summed E-state index contributed by atoms with van der Waals surface area (Å²) in [4.78, 5) is 19.3. The highest BCUT2D eigenvalue weighted by Crippen LogP contribution is 2.29. The normalized spacial score (nSPS) is 14.1. The second kappa shape index (κ2) is 10.9. The van der Waals surface area contributed by atoms with Crippen LogP contribution in [0.3, 0.4) is 0 Å². The zero-order valence-corrected chi connectivity index (χ0v) is 20.4. The molecule has 0 unspecified atom stereocenters. The topological polar surface area (TPSA) is 98.3 Å². The van der Waals surface area contributed by atoms with E-state index in [1.807, 2.05) is 17.0 Å². The molecule has 0 amide bonds. The van der Waals surface area contributed by atoms with Crippen molar-refractivity contribution in [2.45, 2.75) is 11.5 Å². The van der Waals surface area contributed by atoms with Crippen LogP contribution in [0.2, 0.25) is 0 Å². The minimum Gasteiger partial charge on any atom is -0.457 e. The van der Waals surface area contributed by atoms with E-state index < -0.39 is 16.0 Å². The Morgan fingerprint density at radius 1 is 1.09 bits per heavy atom. The van der Waals surface area contributed by atoms with Gasteiger partial charge in [0.15, 0.2) is 0 Å². The molecule has 0 radical (unpaired) electrons. The van der Waals surface area contributed by atoms with Gasteiger partial charge in [0, 0.05) is 38.9 Å². The number of aromatic nitrogens is 1. The highest BCUT2D eigenvalue weighted by Gasteiger charge is 2.25. The Bertz CT molecular complexity index is 1280. The fourth-order valence-corrected chi connectivity index (χ4v) is 4.54. The number of ether oxygens (including phenoxy) is 3. The van der Waals surface area contributed by atoms with Gasteiger partial charge in [-0.25, -0.2) is 17.5 Å². The Morgan fingerprint density at radius 3 is 2.57 bits per heavy atom. The number of hydrogen-bond donors (Lipinski definition) is 0. The molecule has 1 aromatic heterocycles. The first kappa shape index (κ1) is 24.6. The Morgan fingerprint density at radius 2 is 1.86 bits per heavy atom. The number of nitrogens with zero attached hydrogens (tertiary/aromatic N) is 3. The van der Waals surface area contributed by atoms with Crippen molar-refractivity contribution in [1.29, 1.82) is 0 Å². The third-order valence-electron chi connectivity index (χ3n) is 5.51. The van der Waals surface area contributed by atoms with Crippen LogP contribution in [-0.2, 0) is 26.1 Å². The lowest BCUT2D eigenvalue weighted by Gasteiger charge is -2.30. The molecule has 0 N–H and O–H groups in total. The number of anilines is 1. The minimum absolute atomic E-state index is 0.0202. The van der Waals surface area contributed by atoms with E-state index in [0.29, 0.717) is 49.1 Å². The summed E-state index contributed by atoms with van der Waals surface area (Å²) in [6.45, 7) is 2.16. The third-order valence-corrected chi connectivity index (χ3v) is 7.32. The fraction of sp³-hybridized carbons (Fsp3) is 0.280. The average molecular weight is 498 g/mol.